The first-order chi connectivity index (χ1) is 8.49. The Kier molecular flexibility index (Phi) is 6.67. The Labute approximate surface area is 127 Å². The van der Waals surface area contributed by atoms with Gasteiger partial charge in [-0.3, -0.25) is 0 Å². The van der Waals surface area contributed by atoms with Gasteiger partial charge >= 0.3 is 0 Å². The highest BCUT2D eigenvalue weighted by Gasteiger charge is 2.12. The highest BCUT2D eigenvalue weighted by atomic mass is 79.9. The number of hydrogen-bond acceptors (Lipinski definition) is 2. The van der Waals surface area contributed by atoms with Gasteiger partial charge in [-0.1, -0.05) is 20.8 Å². The van der Waals surface area contributed by atoms with Crippen molar-refractivity contribution >= 4 is 31.9 Å². The molecule has 0 aliphatic carbocycles. The van der Waals surface area contributed by atoms with Crippen LogP contribution in [0.4, 0.5) is 0 Å². The number of halogens is 2. The Morgan fingerprint density at radius 3 is 2.17 bits per heavy atom. The van der Waals surface area contributed by atoms with Crippen LogP contribution in [-0.4, -0.2) is 13.2 Å². The van der Waals surface area contributed by atoms with E-state index in [0.717, 1.165) is 27.7 Å². The highest BCUT2D eigenvalue weighted by Crippen LogP contribution is 2.34. The Bertz CT molecular complexity index is 370. The molecule has 1 rings (SSSR count). The second-order valence-corrected chi connectivity index (χ2v) is 6.44. The maximum atomic E-state index is 5.30. The molecule has 0 spiro atoms. The molecule has 1 unspecified atom stereocenters. The Morgan fingerprint density at radius 2 is 1.78 bits per heavy atom. The van der Waals surface area contributed by atoms with Crippen LogP contribution in [-0.2, 0) is 6.54 Å². The van der Waals surface area contributed by atoms with Gasteiger partial charge in [0.05, 0.1) is 16.1 Å². The number of benzene rings is 1. The molecule has 1 aromatic carbocycles. The quantitative estimate of drug-likeness (QED) is 0.771. The number of nitrogens with one attached hydrogen (secondary N) is 1. The zero-order valence-electron chi connectivity index (χ0n) is 11.4. The molecular formula is C14H21Br2NO. The van der Waals surface area contributed by atoms with Crippen molar-refractivity contribution in [3.05, 3.63) is 26.6 Å². The molecule has 1 N–H and O–H groups in total. The van der Waals surface area contributed by atoms with Crippen molar-refractivity contribution in [1.29, 1.82) is 0 Å². The van der Waals surface area contributed by atoms with Gasteiger partial charge < -0.3 is 10.1 Å². The summed E-state index contributed by atoms with van der Waals surface area (Å²) in [7, 11) is 1.68. The van der Waals surface area contributed by atoms with Crippen LogP contribution in [0.5, 0.6) is 5.75 Å². The molecule has 0 radical (unpaired) electrons. The summed E-state index contributed by atoms with van der Waals surface area (Å²) < 4.78 is 7.26. The zero-order valence-corrected chi connectivity index (χ0v) is 14.6. The molecule has 0 fully saturated rings. The van der Waals surface area contributed by atoms with Crippen molar-refractivity contribution in [3.8, 4) is 5.75 Å². The summed E-state index contributed by atoms with van der Waals surface area (Å²) in [5.41, 5.74) is 1.24. The largest absolute Gasteiger partial charge is 0.494 e. The minimum Gasteiger partial charge on any atom is -0.494 e. The molecular weight excluding hydrogens is 358 g/mol. The minimum absolute atomic E-state index is 0.560. The molecule has 0 saturated carbocycles. The van der Waals surface area contributed by atoms with Gasteiger partial charge in [0, 0.05) is 12.6 Å². The third kappa shape index (κ3) is 4.25. The summed E-state index contributed by atoms with van der Waals surface area (Å²) in [6, 6.07) is 4.76. The van der Waals surface area contributed by atoms with Crippen LogP contribution >= 0.6 is 31.9 Å². The van der Waals surface area contributed by atoms with Crippen LogP contribution in [0.3, 0.4) is 0 Å². The molecule has 18 heavy (non-hydrogen) atoms. The maximum Gasteiger partial charge on any atom is 0.147 e. The lowest BCUT2D eigenvalue weighted by molar-refractivity contribution is 0.386. The molecule has 4 heteroatoms. The van der Waals surface area contributed by atoms with E-state index in [4.69, 9.17) is 4.74 Å². The van der Waals surface area contributed by atoms with Gasteiger partial charge in [-0.25, -0.2) is 0 Å². The Morgan fingerprint density at radius 1 is 1.22 bits per heavy atom. The van der Waals surface area contributed by atoms with Gasteiger partial charge in [0.1, 0.15) is 5.75 Å². The Hall–Kier alpha value is -0.0600. The smallest absolute Gasteiger partial charge is 0.147 e. The van der Waals surface area contributed by atoms with Gasteiger partial charge in [-0.05, 0) is 61.9 Å². The van der Waals surface area contributed by atoms with Crippen LogP contribution in [0, 0.1) is 5.92 Å². The first kappa shape index (κ1) is 16.0. The van der Waals surface area contributed by atoms with E-state index < -0.39 is 0 Å². The third-order valence-electron chi connectivity index (χ3n) is 3.08. The number of rotatable bonds is 6. The first-order valence-corrected chi connectivity index (χ1v) is 7.83. The fraction of sp³-hybridized carbons (Fsp3) is 0.571. The second kappa shape index (κ2) is 7.51. The van der Waals surface area contributed by atoms with E-state index in [1.54, 1.807) is 7.11 Å². The fourth-order valence-electron chi connectivity index (χ4n) is 2.01. The van der Waals surface area contributed by atoms with E-state index >= 15 is 0 Å². The number of hydrogen-bond donors (Lipinski definition) is 1. The standard InChI is InChI=1S/C14H21Br2NO/c1-5-13(9(2)3)17-8-10-6-11(15)14(18-4)12(16)7-10/h6-7,9,13,17H,5,8H2,1-4H3. The summed E-state index contributed by atoms with van der Waals surface area (Å²) in [4.78, 5) is 0. The molecule has 0 aromatic heterocycles. The molecule has 0 bridgehead atoms. The van der Waals surface area contributed by atoms with Crippen LogP contribution in [0.15, 0.2) is 21.1 Å². The van der Waals surface area contributed by atoms with E-state index in [1.807, 2.05) is 0 Å². The van der Waals surface area contributed by atoms with Crippen molar-refractivity contribution in [3.63, 3.8) is 0 Å². The summed E-state index contributed by atoms with van der Waals surface area (Å²) in [6.45, 7) is 7.59. The van der Waals surface area contributed by atoms with Crippen LogP contribution in [0.25, 0.3) is 0 Å². The van der Waals surface area contributed by atoms with Crippen LogP contribution < -0.4 is 10.1 Å². The second-order valence-electron chi connectivity index (χ2n) is 4.73. The van der Waals surface area contributed by atoms with Gasteiger partial charge in [0.2, 0.25) is 0 Å². The lowest BCUT2D eigenvalue weighted by Crippen LogP contribution is -2.32. The summed E-state index contributed by atoms with van der Waals surface area (Å²) in [5.74, 6) is 1.50. The Balaban J connectivity index is 2.74. The molecule has 2 nitrogen and oxygen atoms in total. The van der Waals surface area contributed by atoms with Crippen LogP contribution in [0.2, 0.25) is 0 Å². The van der Waals surface area contributed by atoms with Gasteiger partial charge in [-0.15, -0.1) is 0 Å². The normalized spacial score (nSPS) is 12.8. The zero-order chi connectivity index (χ0) is 13.7. The molecule has 1 atom stereocenters. The highest BCUT2D eigenvalue weighted by molar-refractivity contribution is 9.11. The van der Waals surface area contributed by atoms with Crippen molar-refractivity contribution < 1.29 is 4.74 Å². The van der Waals surface area contributed by atoms with Crippen LogP contribution in [0.1, 0.15) is 32.8 Å². The van der Waals surface area contributed by atoms with E-state index in [9.17, 15) is 0 Å². The average molecular weight is 379 g/mol. The SMILES string of the molecule is CCC(NCc1cc(Br)c(OC)c(Br)c1)C(C)C. The molecule has 0 aliphatic heterocycles. The minimum atomic E-state index is 0.560. The van der Waals surface area contributed by atoms with E-state index in [0.29, 0.717) is 12.0 Å². The average Bonchev–Trinajstić information content (AvgIpc) is 2.29. The number of ether oxygens (including phenoxy) is 1. The summed E-state index contributed by atoms with van der Waals surface area (Å²) >= 11 is 7.06. The lowest BCUT2D eigenvalue weighted by atomic mass is 10.0. The number of methoxy groups -OCH3 is 1. The van der Waals surface area contributed by atoms with E-state index in [1.165, 1.54) is 5.56 Å². The van der Waals surface area contributed by atoms with Gasteiger partial charge in [-0.2, -0.15) is 0 Å². The van der Waals surface area contributed by atoms with E-state index in [2.05, 4.69) is 70.1 Å². The topological polar surface area (TPSA) is 21.3 Å². The van der Waals surface area contributed by atoms with Crippen molar-refractivity contribution in [1.82, 2.24) is 5.32 Å². The molecule has 0 aliphatic rings. The third-order valence-corrected chi connectivity index (χ3v) is 4.25. The monoisotopic (exact) mass is 377 g/mol. The van der Waals surface area contributed by atoms with Crippen molar-refractivity contribution in [2.75, 3.05) is 7.11 Å². The molecule has 102 valence electrons. The molecule has 1 aromatic rings. The van der Waals surface area contributed by atoms with E-state index in [-0.39, 0.29) is 0 Å². The predicted octanol–water partition coefficient (Wildman–Crippen LogP) is 4.74. The molecule has 0 amide bonds. The molecule has 0 saturated heterocycles. The van der Waals surface area contributed by atoms with Crippen molar-refractivity contribution in [2.24, 2.45) is 5.92 Å². The summed E-state index contributed by atoms with van der Waals surface area (Å²) in [5, 5.41) is 3.59. The van der Waals surface area contributed by atoms with Gasteiger partial charge in [0.25, 0.3) is 0 Å². The first-order valence-electron chi connectivity index (χ1n) is 6.24. The van der Waals surface area contributed by atoms with Crippen molar-refractivity contribution in [2.45, 2.75) is 39.8 Å². The predicted molar refractivity (Wildman–Crippen MR) is 84.2 cm³/mol. The maximum absolute atomic E-state index is 5.30. The lowest BCUT2D eigenvalue weighted by Gasteiger charge is -2.21. The summed E-state index contributed by atoms with van der Waals surface area (Å²) in [6.07, 6.45) is 1.15. The molecule has 0 heterocycles. The van der Waals surface area contributed by atoms with Gasteiger partial charge in [0.15, 0.2) is 0 Å². The fourth-order valence-corrected chi connectivity index (χ4v) is 3.61.